The molecule has 1 aromatic heterocycles. The first-order valence-corrected chi connectivity index (χ1v) is 26.2. The van der Waals surface area contributed by atoms with E-state index in [1.807, 2.05) is 55.0 Å². The molecule has 4 heterocycles. The third kappa shape index (κ3) is 16.1. The van der Waals surface area contributed by atoms with Gasteiger partial charge < -0.3 is 39.4 Å². The number of aryl methyl sites for hydroxylation is 2. The van der Waals surface area contributed by atoms with Gasteiger partial charge in [0, 0.05) is 55.8 Å². The fourth-order valence-electron chi connectivity index (χ4n) is 8.65. The molecule has 3 amide bonds. The van der Waals surface area contributed by atoms with Crippen LogP contribution in [0.1, 0.15) is 109 Å². The smallest absolute Gasteiger partial charge is 0.327 e. The number of halogens is 1. The molecule has 4 N–H and O–H groups in total. The number of allylic oxidation sites excluding steroid dienone is 6. The maximum absolute atomic E-state index is 13.4. The Balaban J connectivity index is 1.24. The van der Waals surface area contributed by atoms with Crippen LogP contribution in [0.4, 0.5) is 11.5 Å². The van der Waals surface area contributed by atoms with E-state index in [1.165, 1.54) is 12.1 Å². The molecule has 1 aromatic carbocycles. The van der Waals surface area contributed by atoms with Crippen molar-refractivity contribution in [3.8, 4) is 0 Å². The maximum Gasteiger partial charge on any atom is 0.327 e. The van der Waals surface area contributed by atoms with Gasteiger partial charge in [0.15, 0.2) is 5.71 Å². The summed E-state index contributed by atoms with van der Waals surface area (Å²) in [5, 5.41) is 14.5. The van der Waals surface area contributed by atoms with Gasteiger partial charge in [-0.3, -0.25) is 24.0 Å². The van der Waals surface area contributed by atoms with Gasteiger partial charge in [0.2, 0.25) is 11.8 Å². The molecule has 3 aliphatic rings. The number of aromatic nitrogens is 1. The number of rotatable bonds is 17. The van der Waals surface area contributed by atoms with Crippen molar-refractivity contribution < 1.29 is 60.9 Å². The van der Waals surface area contributed by atoms with Crippen LogP contribution in [0.5, 0.6) is 0 Å². The average Bonchev–Trinajstić information content (AvgIpc) is 3.67. The van der Waals surface area contributed by atoms with Crippen molar-refractivity contribution in [3.05, 3.63) is 81.6 Å². The van der Waals surface area contributed by atoms with Crippen molar-refractivity contribution in [2.24, 2.45) is 4.99 Å². The van der Waals surface area contributed by atoms with Gasteiger partial charge in [-0.15, -0.1) is 0 Å². The number of aliphatic imine (C=N–C) groups is 1. The summed E-state index contributed by atoms with van der Waals surface area (Å²) in [5.74, 6) is -0.967. The molecule has 0 radical (unpaired) electrons. The van der Waals surface area contributed by atoms with Crippen LogP contribution < -0.4 is 25.6 Å². The highest BCUT2D eigenvalue weighted by atomic mass is 79.9. The number of unbranched alkanes of at least 4 members (excludes halogenated alkanes) is 1. The van der Waals surface area contributed by atoms with Crippen LogP contribution in [0, 0.1) is 6.92 Å². The van der Waals surface area contributed by atoms with Crippen molar-refractivity contribution in [2.75, 3.05) is 64.2 Å². The van der Waals surface area contributed by atoms with Gasteiger partial charge in [-0.1, -0.05) is 32.1 Å². The fourth-order valence-corrected chi connectivity index (χ4v) is 9.71. The lowest BCUT2D eigenvalue weighted by Gasteiger charge is -2.27. The Morgan fingerprint density at radius 3 is 2.31 bits per heavy atom. The number of nitrogens with zero attached hydrogens (tertiary/aromatic N) is 3. The summed E-state index contributed by atoms with van der Waals surface area (Å²) in [6, 6.07) is 4.05. The molecule has 384 valence electrons. The number of carboxylic acid groups (broad SMARTS) is 1. The molecule has 2 aromatic rings. The number of carbonyl (C=O) groups excluding carboxylic acids is 3. The van der Waals surface area contributed by atoms with Crippen molar-refractivity contribution in [1.82, 2.24) is 16.1 Å². The number of hydrogen-bond acceptors (Lipinski definition) is 13. The van der Waals surface area contributed by atoms with E-state index in [4.69, 9.17) is 29.1 Å². The minimum Gasteiger partial charge on any atom is -0.744 e. The molecule has 20 heteroatoms. The fraction of sp³-hybridized carbons (Fsp3) is 0.560. The number of amides is 3. The van der Waals surface area contributed by atoms with Crippen molar-refractivity contribution in [2.45, 2.75) is 127 Å². The Morgan fingerprint density at radius 2 is 1.60 bits per heavy atom. The topological polar surface area (TPSA) is 238 Å². The van der Waals surface area contributed by atoms with E-state index in [0.717, 1.165) is 38.5 Å². The lowest BCUT2D eigenvalue weighted by molar-refractivity contribution is -0.685. The van der Waals surface area contributed by atoms with Crippen LogP contribution in [0.3, 0.4) is 0 Å². The van der Waals surface area contributed by atoms with Crippen LogP contribution >= 0.6 is 15.9 Å². The molecule has 0 aliphatic carbocycles. The number of pyridine rings is 1. The molecular weight excluding hydrogens is 989 g/mol. The number of carbonyl (C=O) groups is 4. The Kier molecular flexibility index (Phi) is 21.3. The first-order valence-electron chi connectivity index (χ1n) is 24.0. The van der Waals surface area contributed by atoms with E-state index in [-0.39, 0.29) is 49.2 Å². The summed E-state index contributed by atoms with van der Waals surface area (Å²) in [4.78, 5) is 62.7. The van der Waals surface area contributed by atoms with Gasteiger partial charge in [0.25, 0.3) is 5.91 Å². The Hall–Kier alpha value is -4.83. The number of benzene rings is 1. The van der Waals surface area contributed by atoms with Gasteiger partial charge in [0.05, 0.1) is 66.5 Å². The minimum absolute atomic E-state index is 0.0610. The van der Waals surface area contributed by atoms with Crippen molar-refractivity contribution in [1.29, 1.82) is 0 Å². The number of ether oxygens (including phenoxy) is 3. The number of aliphatic carboxylic acids is 1. The summed E-state index contributed by atoms with van der Waals surface area (Å²) in [7, 11) is -4.71. The summed E-state index contributed by atoms with van der Waals surface area (Å²) in [5.41, 5.74) is 6.28. The Labute approximate surface area is 420 Å². The van der Waals surface area contributed by atoms with Gasteiger partial charge in [0.1, 0.15) is 22.4 Å². The molecule has 1 atom stereocenters. The van der Waals surface area contributed by atoms with Crippen LogP contribution in [0.2, 0.25) is 0 Å². The Morgan fingerprint density at radius 1 is 0.900 bits per heavy atom. The zero-order valence-electron chi connectivity index (χ0n) is 41.0. The van der Waals surface area contributed by atoms with E-state index in [0.29, 0.717) is 103 Å². The molecule has 2 bridgehead atoms. The van der Waals surface area contributed by atoms with Crippen LogP contribution in [0.25, 0.3) is 0 Å². The standard InChI is InChI=1S/C50H69BrN6O12S/c1-35-31-37(70(63,64)65)33-38-46(35)57-23-14-18-43(58)52-21-11-9-15-40(48(62)55-69-30-29-68-28-27-67-26-25-66-24-12-10-20-45(60)61)53-44(59)19-13-22-56-34-36(51)32-39-47(56)54-41(49(39,2)3)16-7-6-8-17-42(57)50(38,4)5/h6-8,16-17,31-34,40H,9-15,18-30H2,1-5H3,(H4-,52,53,55,58,59,60,61,62,63,64,65). The van der Waals surface area contributed by atoms with E-state index in [2.05, 4.69) is 56.9 Å². The van der Waals surface area contributed by atoms with E-state index >= 15 is 0 Å². The molecule has 1 unspecified atom stereocenters. The molecule has 3 aliphatic heterocycles. The van der Waals surface area contributed by atoms with E-state index < -0.39 is 38.9 Å². The van der Waals surface area contributed by atoms with Gasteiger partial charge in [-0.2, -0.15) is 0 Å². The quantitative estimate of drug-likeness (QED) is 0.0635. The number of carboxylic acids is 1. The van der Waals surface area contributed by atoms with Crippen LogP contribution in [-0.4, -0.2) is 113 Å². The largest absolute Gasteiger partial charge is 0.744 e. The normalized spacial score (nSPS) is 20.5. The Bertz CT molecular complexity index is 2420. The average molecular weight is 1060 g/mol. The predicted octanol–water partition coefficient (Wildman–Crippen LogP) is 5.80. The maximum atomic E-state index is 13.4. The molecule has 0 fully saturated rings. The third-order valence-electron chi connectivity index (χ3n) is 12.4. The first kappa shape index (κ1) is 56.1. The first-order chi connectivity index (χ1) is 33.3. The molecule has 0 saturated heterocycles. The van der Waals surface area contributed by atoms with Crippen molar-refractivity contribution in [3.63, 3.8) is 0 Å². The highest BCUT2D eigenvalue weighted by molar-refractivity contribution is 9.10. The monoisotopic (exact) mass is 1060 g/mol. The van der Waals surface area contributed by atoms with Crippen LogP contribution in [0.15, 0.2) is 74.8 Å². The second-order valence-corrected chi connectivity index (χ2v) is 20.8. The van der Waals surface area contributed by atoms with Crippen molar-refractivity contribution >= 4 is 67.0 Å². The van der Waals surface area contributed by atoms with E-state index in [1.54, 1.807) is 6.92 Å². The number of anilines is 1. The third-order valence-corrected chi connectivity index (χ3v) is 13.7. The predicted molar refractivity (Wildman–Crippen MR) is 266 cm³/mol. The van der Waals surface area contributed by atoms with E-state index in [9.17, 15) is 32.1 Å². The lowest BCUT2D eigenvalue weighted by atomic mass is 9.82. The molecule has 70 heavy (non-hydrogen) atoms. The number of hydroxylamine groups is 1. The minimum atomic E-state index is -4.71. The lowest BCUT2D eigenvalue weighted by Crippen LogP contribution is -2.47. The number of nitrogens with one attached hydrogen (secondary N) is 3. The van der Waals surface area contributed by atoms with Gasteiger partial charge in [-0.25, -0.2) is 18.5 Å². The second-order valence-electron chi connectivity index (χ2n) is 18.5. The SMILES string of the molecule is Cc1cc(S(=O)(=O)[O-])cc2c1N1CCCC(=O)NCCCCC(C(=O)NOCCOCCOCCOCCCCC(=O)O)NC(=O)CCC[n+]3cc(Br)cc4c3N=C(/C=C/C=C/C=C/1C2(C)C)C4(C)C. The zero-order valence-corrected chi connectivity index (χ0v) is 43.4. The zero-order chi connectivity index (χ0) is 50.9. The van der Waals surface area contributed by atoms with Gasteiger partial charge >= 0.3 is 11.8 Å². The molecule has 5 rings (SSSR count). The second kappa shape index (κ2) is 26.6. The summed E-state index contributed by atoms with van der Waals surface area (Å²) in [6.07, 6.45) is 15.7. The number of fused-ring (bicyclic) bond motifs is 3. The molecular formula is C50H69BrN6O12S. The molecule has 0 saturated carbocycles. The summed E-state index contributed by atoms with van der Waals surface area (Å²) < 4.78 is 55.9. The summed E-state index contributed by atoms with van der Waals surface area (Å²) >= 11 is 3.67. The van der Waals surface area contributed by atoms with Crippen LogP contribution in [-0.2, 0) is 65.7 Å². The van der Waals surface area contributed by atoms with Gasteiger partial charge in [-0.05, 0) is 128 Å². The number of hydrogen-bond donors (Lipinski definition) is 4. The highest BCUT2D eigenvalue weighted by Gasteiger charge is 2.43. The highest BCUT2D eigenvalue weighted by Crippen LogP contribution is 2.50. The summed E-state index contributed by atoms with van der Waals surface area (Å²) in [6.45, 7) is 13.4. The molecule has 0 spiro atoms. The molecule has 18 nitrogen and oxygen atoms in total.